The van der Waals surface area contributed by atoms with Crippen LogP contribution >= 0.6 is 0 Å². The Labute approximate surface area is 201 Å². The van der Waals surface area contributed by atoms with Gasteiger partial charge >= 0.3 is 6.61 Å². The van der Waals surface area contributed by atoms with Crippen LogP contribution in [0, 0.1) is 0 Å². The van der Waals surface area contributed by atoms with Crippen LogP contribution in [0.5, 0.6) is 17.2 Å². The van der Waals surface area contributed by atoms with Crippen molar-refractivity contribution in [1.29, 1.82) is 0 Å². The number of benzene rings is 1. The number of likely N-dealkylation sites (tertiary alicyclic amines) is 1. The topological polar surface area (TPSA) is 77.3 Å². The van der Waals surface area contributed by atoms with E-state index in [0.29, 0.717) is 35.3 Å². The average Bonchev–Trinajstić information content (AvgIpc) is 3.39. The van der Waals surface area contributed by atoms with Gasteiger partial charge in [0.2, 0.25) is 0 Å². The second-order valence-electron chi connectivity index (χ2n) is 9.00. The number of carbonyl (C=O) groups is 1. The number of carbonyl (C=O) groups excluding carboxylic acids is 1. The molecule has 0 unspecified atom stereocenters. The molecule has 5 rings (SSSR count). The molecule has 0 spiro atoms. The van der Waals surface area contributed by atoms with Gasteiger partial charge in [-0.3, -0.25) is 9.20 Å². The van der Waals surface area contributed by atoms with E-state index in [1.807, 2.05) is 22.7 Å². The fourth-order valence-corrected chi connectivity index (χ4v) is 4.44. The molecule has 0 radical (unpaired) electrons. The lowest BCUT2D eigenvalue weighted by Crippen LogP contribution is -2.30. The molecule has 1 atom stereocenters. The molecule has 2 aromatic heterocycles. The van der Waals surface area contributed by atoms with Gasteiger partial charge in [0.1, 0.15) is 35.1 Å². The molecule has 1 aliphatic heterocycles. The van der Waals surface area contributed by atoms with Gasteiger partial charge in [0.15, 0.2) is 0 Å². The summed E-state index contributed by atoms with van der Waals surface area (Å²) in [5, 5.41) is 2.81. The first-order valence-electron chi connectivity index (χ1n) is 11.7. The summed E-state index contributed by atoms with van der Waals surface area (Å²) in [6, 6.07) is 7.18. The maximum absolute atomic E-state index is 13.2. The zero-order chi connectivity index (χ0) is 24.5. The van der Waals surface area contributed by atoms with Crippen molar-refractivity contribution in [2.45, 2.75) is 44.4 Å². The molecule has 1 N–H and O–H groups in total. The van der Waals surface area contributed by atoms with Gasteiger partial charge in [-0.15, -0.1) is 0 Å². The Morgan fingerprint density at radius 1 is 1.23 bits per heavy atom. The molecule has 1 amide bonds. The molecule has 2 aliphatic rings. The number of halogens is 2. The quantitative estimate of drug-likeness (QED) is 0.493. The molecule has 1 aromatic carbocycles. The number of alkyl halides is 2. The lowest BCUT2D eigenvalue weighted by Gasteiger charge is -2.19. The van der Waals surface area contributed by atoms with Crippen molar-refractivity contribution >= 4 is 11.6 Å². The normalized spacial score (nSPS) is 18.3. The number of ether oxygens (including phenoxy) is 3. The van der Waals surface area contributed by atoms with Gasteiger partial charge in [0, 0.05) is 29.9 Å². The Kier molecular flexibility index (Phi) is 6.46. The van der Waals surface area contributed by atoms with E-state index in [9.17, 15) is 13.6 Å². The molecular weight excluding hydrogens is 458 g/mol. The number of hydrogen-bond acceptors (Lipinski definition) is 6. The molecule has 3 heterocycles. The summed E-state index contributed by atoms with van der Waals surface area (Å²) in [5.74, 6) is 0.107. The number of pyridine rings is 1. The van der Waals surface area contributed by atoms with Crippen LogP contribution in [0.3, 0.4) is 0 Å². The fourth-order valence-electron chi connectivity index (χ4n) is 4.44. The molecule has 2 fully saturated rings. The number of nitrogens with one attached hydrogen (secondary N) is 1. The first-order valence-corrected chi connectivity index (χ1v) is 11.7. The van der Waals surface area contributed by atoms with Crippen LogP contribution in [-0.4, -0.2) is 66.2 Å². The molecule has 8 nitrogen and oxygen atoms in total. The Morgan fingerprint density at radius 3 is 2.71 bits per heavy atom. The second kappa shape index (κ2) is 9.69. The van der Waals surface area contributed by atoms with Crippen LogP contribution in [0.4, 0.5) is 8.78 Å². The molecule has 35 heavy (non-hydrogen) atoms. The Hall–Kier alpha value is -3.40. The lowest BCUT2D eigenvalue weighted by molar-refractivity contribution is -0.0502. The van der Waals surface area contributed by atoms with Gasteiger partial charge in [-0.05, 0) is 57.5 Å². The monoisotopic (exact) mass is 486 g/mol. The maximum Gasteiger partial charge on any atom is 0.387 e. The maximum atomic E-state index is 13.2. The van der Waals surface area contributed by atoms with Crippen molar-refractivity contribution in [2.75, 3.05) is 27.3 Å². The Balaban J connectivity index is 1.45. The van der Waals surface area contributed by atoms with E-state index < -0.39 is 12.5 Å². The van der Waals surface area contributed by atoms with Crippen molar-refractivity contribution < 1.29 is 27.8 Å². The number of likely N-dealkylation sites (N-methyl/N-ethyl adjacent to an activating group) is 1. The summed E-state index contributed by atoms with van der Waals surface area (Å²) in [7, 11) is 3.49. The van der Waals surface area contributed by atoms with Crippen LogP contribution in [-0.2, 0) is 0 Å². The largest absolute Gasteiger partial charge is 0.496 e. The van der Waals surface area contributed by atoms with E-state index >= 15 is 0 Å². The molecule has 186 valence electrons. The molecule has 3 aromatic rings. The highest BCUT2D eigenvalue weighted by molar-refractivity contribution is 6.01. The molecule has 0 bridgehead atoms. The minimum absolute atomic E-state index is 0.0511. The third-order valence-electron chi connectivity index (χ3n) is 6.54. The van der Waals surface area contributed by atoms with Gasteiger partial charge in [-0.25, -0.2) is 4.98 Å². The highest BCUT2D eigenvalue weighted by Crippen LogP contribution is 2.37. The zero-order valence-electron chi connectivity index (χ0n) is 19.7. The summed E-state index contributed by atoms with van der Waals surface area (Å²) in [4.78, 5) is 19.5. The number of aromatic nitrogens is 2. The summed E-state index contributed by atoms with van der Waals surface area (Å²) in [5.41, 5.74) is 1.75. The van der Waals surface area contributed by atoms with Gasteiger partial charge in [0.05, 0.1) is 19.0 Å². The third-order valence-corrected chi connectivity index (χ3v) is 6.54. The predicted octanol–water partition coefficient (Wildman–Crippen LogP) is 3.98. The van der Waals surface area contributed by atoms with E-state index in [0.717, 1.165) is 25.8 Å². The fraction of sp³-hybridized carbons (Fsp3) is 0.440. The van der Waals surface area contributed by atoms with Crippen LogP contribution in [0.1, 0.15) is 36.0 Å². The minimum atomic E-state index is -3.09. The zero-order valence-corrected chi connectivity index (χ0v) is 19.7. The van der Waals surface area contributed by atoms with Gasteiger partial charge in [-0.2, -0.15) is 8.78 Å². The number of imidazole rings is 1. The third kappa shape index (κ3) is 5.02. The molecule has 1 aliphatic carbocycles. The number of amides is 1. The van der Waals surface area contributed by atoms with E-state index in [2.05, 4.69) is 22.2 Å². The van der Waals surface area contributed by atoms with E-state index in [4.69, 9.17) is 14.2 Å². The number of methoxy groups -OCH3 is 1. The van der Waals surface area contributed by atoms with Crippen molar-refractivity contribution in [3.8, 4) is 28.5 Å². The van der Waals surface area contributed by atoms with Gasteiger partial charge in [-0.1, -0.05) is 0 Å². The number of fused-ring (bicyclic) bond motifs is 1. The number of hydrogen-bond donors (Lipinski definition) is 1. The number of nitrogens with zero attached hydrogens (tertiary/aromatic N) is 3. The van der Waals surface area contributed by atoms with E-state index in [1.54, 1.807) is 12.3 Å². The Morgan fingerprint density at radius 2 is 2.03 bits per heavy atom. The van der Waals surface area contributed by atoms with Crippen LogP contribution < -0.4 is 19.5 Å². The predicted molar refractivity (Wildman–Crippen MR) is 125 cm³/mol. The highest BCUT2D eigenvalue weighted by Gasteiger charge is 2.29. The molecule has 1 saturated carbocycles. The van der Waals surface area contributed by atoms with E-state index in [1.165, 1.54) is 19.6 Å². The van der Waals surface area contributed by atoms with Crippen molar-refractivity contribution in [1.82, 2.24) is 19.6 Å². The average molecular weight is 487 g/mol. The molecule has 1 saturated heterocycles. The summed E-state index contributed by atoms with van der Waals surface area (Å²) in [6.07, 6.45) is 7.47. The number of rotatable bonds is 9. The minimum Gasteiger partial charge on any atom is -0.496 e. The molecule has 10 heteroatoms. The lowest BCUT2D eigenvalue weighted by atomic mass is 10.1. The first kappa shape index (κ1) is 23.3. The van der Waals surface area contributed by atoms with Crippen molar-refractivity contribution in [3.05, 3.63) is 42.2 Å². The Bertz CT molecular complexity index is 1230. The van der Waals surface area contributed by atoms with Crippen LogP contribution in [0.15, 0.2) is 36.7 Å². The van der Waals surface area contributed by atoms with Crippen LogP contribution in [0.2, 0.25) is 0 Å². The SMILES string of the molecule is COc1cc(-c2cnc3cc(OC[C@H]4CCCN4C)ccn23)cc(OC(F)F)c1C(=O)NC1CC1. The summed E-state index contributed by atoms with van der Waals surface area (Å²) < 4.78 is 44.4. The van der Waals surface area contributed by atoms with Crippen molar-refractivity contribution in [2.24, 2.45) is 0 Å². The summed E-state index contributed by atoms with van der Waals surface area (Å²) >= 11 is 0. The van der Waals surface area contributed by atoms with Crippen LogP contribution in [0.25, 0.3) is 16.9 Å². The first-order chi connectivity index (χ1) is 16.9. The van der Waals surface area contributed by atoms with Gasteiger partial charge < -0.3 is 24.4 Å². The molecular formula is C25H28F2N4O4. The standard InChI is InChI=1S/C25H28F2N4O4/c1-30-8-3-4-17(30)14-34-18-7-9-31-19(13-28-22(31)12-18)15-10-20(33-2)23(21(11-15)35-25(26)27)24(32)29-16-5-6-16/h7,9-13,16-17,25H,3-6,8,14H2,1-2H3,(H,29,32)/t17-/m1/s1. The van der Waals surface area contributed by atoms with Gasteiger partial charge in [0.25, 0.3) is 5.91 Å². The summed E-state index contributed by atoms with van der Waals surface area (Å²) in [6.45, 7) is -1.41. The second-order valence-corrected chi connectivity index (χ2v) is 9.00. The highest BCUT2D eigenvalue weighted by atomic mass is 19.3. The van der Waals surface area contributed by atoms with Crippen molar-refractivity contribution in [3.63, 3.8) is 0 Å². The van der Waals surface area contributed by atoms with E-state index in [-0.39, 0.29) is 23.1 Å². The smallest absolute Gasteiger partial charge is 0.387 e.